The molecule has 1 aromatic rings. The van der Waals surface area contributed by atoms with E-state index in [1.165, 1.54) is 25.0 Å². The van der Waals surface area contributed by atoms with Gasteiger partial charge in [0.1, 0.15) is 5.82 Å². The van der Waals surface area contributed by atoms with E-state index in [4.69, 9.17) is 23.2 Å². The van der Waals surface area contributed by atoms with E-state index >= 15 is 4.39 Å². The fourth-order valence-corrected chi connectivity index (χ4v) is 6.83. The van der Waals surface area contributed by atoms with Gasteiger partial charge in [-0.05, 0) is 74.0 Å². The first kappa shape index (κ1) is 30.8. The zero-order valence-electron chi connectivity index (χ0n) is 23.7. The van der Waals surface area contributed by atoms with E-state index in [1.54, 1.807) is 18.2 Å². The van der Waals surface area contributed by atoms with E-state index in [9.17, 15) is 9.59 Å². The lowest BCUT2D eigenvalue weighted by atomic mass is 9.62. The molecule has 0 saturated carbocycles. The highest BCUT2D eigenvalue weighted by molar-refractivity contribution is 6.31. The highest BCUT2D eigenvalue weighted by atomic mass is 35.5. The number of hydrogen-bond acceptors (Lipinski definition) is 4. The van der Waals surface area contributed by atoms with Gasteiger partial charge in [-0.3, -0.25) is 9.59 Å². The third kappa shape index (κ3) is 6.33. The van der Waals surface area contributed by atoms with Crippen LogP contribution in [-0.4, -0.2) is 61.5 Å². The van der Waals surface area contributed by atoms with Gasteiger partial charge in [0.25, 0.3) is 0 Å². The van der Waals surface area contributed by atoms with Crippen molar-refractivity contribution in [3.63, 3.8) is 0 Å². The number of carbonyl (C=O) groups is 2. The lowest BCUT2D eigenvalue weighted by Crippen LogP contribution is -2.47. The Morgan fingerprint density at radius 3 is 2.70 bits per heavy atom. The molecule has 0 radical (unpaired) electrons. The number of benzene rings is 1. The average Bonchev–Trinajstić information content (AvgIpc) is 3.61. The molecule has 218 valence electrons. The summed E-state index contributed by atoms with van der Waals surface area (Å²) in [6.45, 7) is 13.9. The quantitative estimate of drug-likeness (QED) is 0.270. The predicted molar refractivity (Wildman–Crippen MR) is 160 cm³/mol. The molecule has 0 bridgehead atoms. The molecule has 3 N–H and O–H groups in total. The van der Waals surface area contributed by atoms with Crippen molar-refractivity contribution in [2.75, 3.05) is 32.7 Å². The van der Waals surface area contributed by atoms with Gasteiger partial charge in [0, 0.05) is 30.1 Å². The molecule has 3 saturated heterocycles. The third-order valence-electron chi connectivity index (χ3n) is 8.30. The molecule has 3 heterocycles. The largest absolute Gasteiger partial charge is 0.355 e. The Hall–Kier alpha value is -2.19. The fourth-order valence-electron chi connectivity index (χ4n) is 6.58. The monoisotopic (exact) mass is 590 g/mol. The van der Waals surface area contributed by atoms with Gasteiger partial charge in [0.05, 0.1) is 16.5 Å². The van der Waals surface area contributed by atoms with Crippen LogP contribution in [0.2, 0.25) is 5.02 Å². The minimum absolute atomic E-state index is 0.0461. The van der Waals surface area contributed by atoms with Crippen molar-refractivity contribution in [1.29, 1.82) is 0 Å². The Morgan fingerprint density at radius 2 is 2.02 bits per heavy atom. The normalized spacial score (nSPS) is 28.4. The Bertz CT molecular complexity index is 1190. The molecule has 3 aliphatic heterocycles. The molecule has 0 unspecified atom stereocenters. The van der Waals surface area contributed by atoms with E-state index < -0.39 is 29.2 Å². The number of hydrogen-bond donors (Lipinski definition) is 3. The van der Waals surface area contributed by atoms with Crippen molar-refractivity contribution >= 4 is 35.0 Å². The number of nitrogens with one attached hydrogen (secondary N) is 3. The second-order valence-electron chi connectivity index (χ2n) is 12.3. The van der Waals surface area contributed by atoms with E-state index in [2.05, 4.69) is 48.2 Å². The third-order valence-corrected chi connectivity index (χ3v) is 8.88. The second kappa shape index (κ2) is 12.8. The Labute approximate surface area is 247 Å². The zero-order valence-corrected chi connectivity index (χ0v) is 25.2. The topological polar surface area (TPSA) is 73.5 Å². The summed E-state index contributed by atoms with van der Waals surface area (Å²) in [4.78, 5) is 30.3. The molecular formula is C31H41Cl2FN4O2. The molecule has 0 aromatic heterocycles. The van der Waals surface area contributed by atoms with Crippen LogP contribution >= 0.6 is 23.2 Å². The first-order valence-electron chi connectivity index (χ1n) is 14.2. The molecule has 40 heavy (non-hydrogen) atoms. The van der Waals surface area contributed by atoms with E-state index in [0.29, 0.717) is 18.0 Å². The number of allylic oxidation sites excluding steroid dienone is 4. The van der Waals surface area contributed by atoms with Crippen molar-refractivity contribution in [3.05, 3.63) is 70.0 Å². The SMILES string of the molecule is C=C/C(Cl)=C\C=C1/CNC(=O)[C@]12[C@@H](CC(C)(C)C)N[C@@H](C(=O)NCCCN1CCCC1)[C@@H]2c1cccc(Cl)c1F. The second-order valence-corrected chi connectivity index (χ2v) is 13.1. The van der Waals surface area contributed by atoms with E-state index in [1.807, 2.05) is 6.08 Å². The molecule has 4 atom stereocenters. The van der Waals surface area contributed by atoms with Gasteiger partial charge < -0.3 is 20.9 Å². The van der Waals surface area contributed by atoms with Gasteiger partial charge >= 0.3 is 0 Å². The lowest BCUT2D eigenvalue weighted by Gasteiger charge is -2.38. The summed E-state index contributed by atoms with van der Waals surface area (Å²) in [5.74, 6) is -1.93. The maximum Gasteiger partial charge on any atom is 0.237 e. The first-order valence-corrected chi connectivity index (χ1v) is 14.9. The van der Waals surface area contributed by atoms with Gasteiger partial charge in [-0.1, -0.05) is 74.8 Å². The molecule has 0 aliphatic carbocycles. The number of nitrogens with zero attached hydrogens (tertiary/aromatic N) is 1. The van der Waals surface area contributed by atoms with E-state index in [-0.39, 0.29) is 34.4 Å². The molecule has 1 aromatic carbocycles. The van der Waals surface area contributed by atoms with Gasteiger partial charge in [-0.15, -0.1) is 0 Å². The van der Waals surface area contributed by atoms with Crippen molar-refractivity contribution in [3.8, 4) is 0 Å². The van der Waals surface area contributed by atoms with E-state index in [0.717, 1.165) is 31.6 Å². The highest BCUT2D eigenvalue weighted by Gasteiger charge is 2.66. The van der Waals surface area contributed by atoms with Crippen LogP contribution in [0.4, 0.5) is 4.39 Å². The Kier molecular flexibility index (Phi) is 9.82. The predicted octanol–water partition coefficient (Wildman–Crippen LogP) is 5.29. The standard InChI is InChI=1S/C31H41Cl2FN4O2/c1-5-21(32)13-12-20-19-36-29(40)31(20)24(18-30(2,3)4)37-27(25(31)22-10-8-11-23(33)26(22)34)28(39)35-14-9-17-38-15-6-7-16-38/h5,8,10-13,24-25,27,37H,1,6-7,9,14-19H2,2-4H3,(H,35,39)(H,36,40)/b20-12+,21-13+/t24-,25+,27-,31+/m1/s1. The molecule has 3 fully saturated rings. The van der Waals surface area contributed by atoms with Gasteiger partial charge in [0.15, 0.2) is 0 Å². The number of halogens is 3. The number of amides is 2. The van der Waals surface area contributed by atoms with Crippen molar-refractivity contribution in [1.82, 2.24) is 20.9 Å². The van der Waals surface area contributed by atoms with Crippen LogP contribution in [0.15, 0.2) is 53.6 Å². The molecule has 2 amide bonds. The molecule has 4 rings (SSSR count). The van der Waals surface area contributed by atoms with Gasteiger partial charge in [-0.2, -0.15) is 0 Å². The molecule has 3 aliphatic rings. The molecule has 9 heteroatoms. The van der Waals surface area contributed by atoms with Gasteiger partial charge in [-0.25, -0.2) is 4.39 Å². The van der Waals surface area contributed by atoms with Crippen LogP contribution in [0.25, 0.3) is 0 Å². The summed E-state index contributed by atoms with van der Waals surface area (Å²) >= 11 is 12.5. The number of carbonyl (C=O) groups excluding carboxylic acids is 2. The van der Waals surface area contributed by atoms with Crippen LogP contribution in [0.1, 0.15) is 57.9 Å². The lowest BCUT2D eigenvalue weighted by molar-refractivity contribution is -0.128. The minimum Gasteiger partial charge on any atom is -0.355 e. The average molecular weight is 592 g/mol. The molecule has 1 spiro atoms. The molecular weight excluding hydrogens is 550 g/mol. The summed E-state index contributed by atoms with van der Waals surface area (Å²) in [5.41, 5.74) is -0.430. The Morgan fingerprint density at radius 1 is 1.30 bits per heavy atom. The summed E-state index contributed by atoms with van der Waals surface area (Å²) in [7, 11) is 0. The summed E-state index contributed by atoms with van der Waals surface area (Å²) < 4.78 is 15.8. The Balaban J connectivity index is 1.78. The smallest absolute Gasteiger partial charge is 0.237 e. The van der Waals surface area contributed by atoms with Crippen LogP contribution in [0.3, 0.4) is 0 Å². The molecule has 6 nitrogen and oxygen atoms in total. The maximum absolute atomic E-state index is 15.8. The van der Waals surface area contributed by atoms with Crippen LogP contribution < -0.4 is 16.0 Å². The first-order chi connectivity index (χ1) is 19.0. The zero-order chi connectivity index (χ0) is 29.1. The summed E-state index contributed by atoms with van der Waals surface area (Å²) in [6, 6.07) is 3.49. The number of likely N-dealkylation sites (tertiary alicyclic amines) is 1. The minimum atomic E-state index is -1.23. The fraction of sp³-hybridized carbons (Fsp3) is 0.548. The van der Waals surface area contributed by atoms with Gasteiger partial charge in [0.2, 0.25) is 11.8 Å². The maximum atomic E-state index is 15.8. The van der Waals surface area contributed by atoms with Crippen molar-refractivity contribution in [2.45, 2.75) is 64.5 Å². The highest BCUT2D eigenvalue weighted by Crippen LogP contribution is 2.56. The van der Waals surface area contributed by atoms with Crippen molar-refractivity contribution < 1.29 is 14.0 Å². The van der Waals surface area contributed by atoms with Crippen LogP contribution in [0.5, 0.6) is 0 Å². The van der Waals surface area contributed by atoms with Crippen LogP contribution in [0, 0.1) is 16.6 Å². The van der Waals surface area contributed by atoms with Crippen LogP contribution in [-0.2, 0) is 9.59 Å². The summed E-state index contributed by atoms with van der Waals surface area (Å²) in [5, 5.41) is 9.96. The van der Waals surface area contributed by atoms with Crippen molar-refractivity contribution in [2.24, 2.45) is 10.8 Å². The summed E-state index contributed by atoms with van der Waals surface area (Å²) in [6.07, 6.45) is 8.85. The number of rotatable bonds is 9.